The molecule has 4 heterocycles. The number of halogens is 8. The lowest BCUT2D eigenvalue weighted by Crippen LogP contribution is -2.67. The summed E-state index contributed by atoms with van der Waals surface area (Å²) < 4.78 is 83.3. The Balaban J connectivity index is 0.000000137. The predicted octanol–water partition coefficient (Wildman–Crippen LogP) is 16.5. The maximum Gasteiger partial charge on any atom is 0.271 e. The third-order valence-corrected chi connectivity index (χ3v) is 30.6. The third kappa shape index (κ3) is 22.2. The first-order valence-electron chi connectivity index (χ1n) is 45.6. The molecule has 13 aliphatic carbocycles. The van der Waals surface area contributed by atoms with Crippen molar-refractivity contribution in [1.29, 1.82) is 0 Å². The van der Waals surface area contributed by atoms with Gasteiger partial charge in [-0.15, -0.1) is 0 Å². The summed E-state index contributed by atoms with van der Waals surface area (Å²) in [7, 11) is 0. The van der Waals surface area contributed by atoms with E-state index in [1.165, 1.54) is 85.6 Å². The Morgan fingerprint density at radius 3 is 1.10 bits per heavy atom. The van der Waals surface area contributed by atoms with Gasteiger partial charge in [-0.1, -0.05) is 92.3 Å². The van der Waals surface area contributed by atoms with E-state index in [4.69, 9.17) is 69.8 Å². The summed E-state index contributed by atoms with van der Waals surface area (Å²) in [5.74, 6) is -1.98. The highest BCUT2D eigenvalue weighted by atomic mass is 35.5. The zero-order valence-electron chi connectivity index (χ0n) is 75.7. The quantitative estimate of drug-likeness (QED) is 0.0246. The molecule has 9 aromatic rings. The Labute approximate surface area is 798 Å². The van der Waals surface area contributed by atoms with Gasteiger partial charge in [-0.3, -0.25) is 53.1 Å². The maximum atomic E-state index is 13.6. The predicted molar refractivity (Wildman–Crippen MR) is 494 cm³/mol. The van der Waals surface area contributed by atoms with Crippen molar-refractivity contribution in [3.05, 3.63) is 235 Å². The van der Waals surface area contributed by atoms with Crippen LogP contribution < -0.4 is 61.5 Å². The van der Waals surface area contributed by atoms with E-state index in [9.17, 15) is 60.7 Å². The molecule has 4 unspecified atom stereocenters. The van der Waals surface area contributed by atoms with Crippen molar-refractivity contribution in [2.45, 2.75) is 234 Å². The van der Waals surface area contributed by atoms with Crippen molar-refractivity contribution in [3.8, 4) is 28.7 Å². The van der Waals surface area contributed by atoms with Crippen LogP contribution in [0.3, 0.4) is 0 Å². The fourth-order valence-electron chi connectivity index (χ4n) is 21.6. The summed E-state index contributed by atoms with van der Waals surface area (Å²) in [6.07, 6.45) is 27.5. The molecule has 0 radical (unpaired) electrons. The zero-order valence-corrected chi connectivity index (χ0v) is 78.7. The lowest BCUT2D eigenvalue weighted by atomic mass is 9.56. The normalized spacial score (nSPS) is 26.2. The van der Waals surface area contributed by atoms with Crippen LogP contribution in [0.5, 0.6) is 23.0 Å². The van der Waals surface area contributed by atoms with Crippen molar-refractivity contribution in [2.24, 2.45) is 23.7 Å². The molecule has 4 atom stereocenters. The number of hydrogen-bond acceptors (Lipinski definition) is 19. The van der Waals surface area contributed by atoms with Crippen LogP contribution in [0.4, 0.5) is 17.6 Å². The fraction of sp³-hybridized carbons (Fsp3) is 0.455. The number of Topliss-reactive ketones (excluding diaryl/α,β-unsaturated/α-hetero) is 1. The summed E-state index contributed by atoms with van der Waals surface area (Å²) in [6.45, 7) is 11.3. The summed E-state index contributed by atoms with van der Waals surface area (Å²) in [5, 5.41) is 30.0. The Bertz CT molecular complexity index is 5920. The Morgan fingerprint density at radius 2 is 0.770 bits per heavy atom. The van der Waals surface area contributed by atoms with E-state index >= 15 is 0 Å². The average molecular weight is 1940 g/mol. The summed E-state index contributed by atoms with van der Waals surface area (Å²) in [4.78, 5) is 131. The molecule has 12 saturated carbocycles. The third-order valence-electron chi connectivity index (χ3n) is 29.3. The number of ether oxygens (including phenoxy) is 4. The molecule has 5 aromatic carbocycles. The van der Waals surface area contributed by atoms with Gasteiger partial charge < -0.3 is 65.9 Å². The number of para-hydroxylation sites is 1. The van der Waals surface area contributed by atoms with Crippen LogP contribution in [0, 0.1) is 60.8 Å². The number of aryl methyl sites for hydroxylation is 2. The van der Waals surface area contributed by atoms with Gasteiger partial charge in [-0.25, -0.2) is 32.2 Å². The van der Waals surface area contributed by atoms with Crippen LogP contribution in [0.1, 0.15) is 238 Å². The minimum Gasteiger partial charge on any atom is -0.484 e. The molecular formula is C99H108Cl4F4N14O14. The van der Waals surface area contributed by atoms with Crippen molar-refractivity contribution < 1.29 is 84.1 Å². The molecule has 0 saturated heterocycles. The number of carbonyl (C=O) groups excluding carboxylic acids is 9. The molecule has 0 spiro atoms. The number of carbonyl (C=O) groups is 9. The van der Waals surface area contributed by atoms with Crippen LogP contribution in [-0.4, -0.2) is 153 Å². The Hall–Kier alpha value is -11.7. The monoisotopic (exact) mass is 1930 g/mol. The molecule has 12 fully saturated rings. The largest absolute Gasteiger partial charge is 0.484 e. The van der Waals surface area contributed by atoms with Gasteiger partial charge in [0.25, 0.3) is 47.3 Å². The number of benzene rings is 5. The lowest BCUT2D eigenvalue weighted by Gasteiger charge is -2.57. The second kappa shape index (κ2) is 40.7. The van der Waals surface area contributed by atoms with Gasteiger partial charge in [0, 0.05) is 100 Å². The molecule has 36 heteroatoms. The number of rotatable bonds is 25. The molecule has 8 bridgehead atoms. The molecule has 135 heavy (non-hydrogen) atoms. The first-order chi connectivity index (χ1) is 64.4. The fourth-order valence-corrected chi connectivity index (χ4v) is 22.1. The summed E-state index contributed by atoms with van der Waals surface area (Å²) in [6, 6.07) is 26.0. The Morgan fingerprint density at radius 1 is 0.415 bits per heavy atom. The van der Waals surface area contributed by atoms with Crippen molar-refractivity contribution in [3.63, 3.8) is 0 Å². The highest BCUT2D eigenvalue weighted by molar-refractivity contribution is 6.31. The van der Waals surface area contributed by atoms with E-state index in [0.29, 0.717) is 46.7 Å². The molecule has 0 aliphatic heterocycles. The van der Waals surface area contributed by atoms with E-state index < -0.39 is 23.3 Å². The highest BCUT2D eigenvalue weighted by Gasteiger charge is 2.59. The van der Waals surface area contributed by atoms with Gasteiger partial charge in [0.1, 0.15) is 69.7 Å². The molecule has 22 rings (SSSR count). The van der Waals surface area contributed by atoms with Gasteiger partial charge in [0.05, 0.1) is 72.4 Å². The number of furan rings is 1. The molecule has 8 amide bonds. The number of amides is 8. The SMILES string of the molecule is CC1CC2(NC(=O)COc3ccc(Cl)c(F)c3)CCC1(NC(=O)c1cnccn1)CC2.CC1CC2(NC(=O)COc3ccc(Cl)c(F)c3)CCC1(NC(=O)c1coc3c1C(=O)CCC3)CC2.Cc1c(C(=O)NC23CCC(NC(=O)COc4ccc(Cl)c(F)c4)(CC2)CC3C)cnn1-c1ccccc1.Cc1cnc(C(=O)NC23CCC(NC(=O)COc4ccc(Cl)c(F)c4)(CC2)CC3C)cn1. The number of nitrogens with one attached hydrogen (secondary N) is 8. The highest BCUT2D eigenvalue weighted by Crippen LogP contribution is 2.55. The van der Waals surface area contributed by atoms with Gasteiger partial charge in [0.15, 0.2) is 32.2 Å². The van der Waals surface area contributed by atoms with Crippen LogP contribution in [-0.2, 0) is 25.6 Å². The second-order valence-electron chi connectivity index (χ2n) is 37.9. The smallest absolute Gasteiger partial charge is 0.271 e. The van der Waals surface area contributed by atoms with Gasteiger partial charge >= 0.3 is 0 Å². The van der Waals surface area contributed by atoms with E-state index in [-0.39, 0.29) is 191 Å². The number of nitrogens with zero attached hydrogens (tertiary/aromatic N) is 6. The topological polar surface area (TPSA) is 369 Å². The van der Waals surface area contributed by atoms with E-state index in [0.717, 1.165) is 170 Å². The first kappa shape index (κ1) is 97.8. The molecule has 714 valence electrons. The lowest BCUT2D eigenvalue weighted by molar-refractivity contribution is -0.128. The van der Waals surface area contributed by atoms with E-state index in [2.05, 4.69) is 95.3 Å². The van der Waals surface area contributed by atoms with Crippen molar-refractivity contribution >= 4 is 99.4 Å². The van der Waals surface area contributed by atoms with Crippen LogP contribution >= 0.6 is 46.4 Å². The molecule has 13 aliphatic rings. The summed E-state index contributed by atoms with van der Waals surface area (Å²) >= 11 is 22.7. The molecular weight excluding hydrogens is 1830 g/mol. The molecule has 8 N–H and O–H groups in total. The molecule has 4 aromatic heterocycles. The molecule has 28 nitrogen and oxygen atoms in total. The van der Waals surface area contributed by atoms with Gasteiger partial charge in [-0.05, 0) is 233 Å². The minimum absolute atomic E-state index is 0.00368. The van der Waals surface area contributed by atoms with Crippen LogP contribution in [0.2, 0.25) is 20.1 Å². The second-order valence-corrected chi connectivity index (χ2v) is 39.5. The van der Waals surface area contributed by atoms with E-state index in [1.54, 1.807) is 17.1 Å². The van der Waals surface area contributed by atoms with Gasteiger partial charge in [0.2, 0.25) is 0 Å². The standard InChI is InChI=1S/C28H30ClFN4O3.C26H28ClFN2O5.C23H26ClFN4O3.C22H24ClFN4O3/c1-18-15-27(32-25(35)17-37-21-8-9-23(29)24(30)14-21)10-12-28(18,13-11-27)33-26(36)22-16-31-34(19(22)2)20-6-4-3-5-7-20;1-15-12-25(29-22(32)14-34-16-5-6-18(27)19(28)11-16)7-9-26(15,10-8-25)30-24(33)17-13-35-21-4-2-3-20(31)23(17)21;1-14-10-22(28-20(30)13-32-16-3-4-17(24)18(25)9-16)5-7-23(14,8-6-22)29-21(31)19-12-26-15(2)11-27-19;1-14-11-21(27-19(29)13-31-15-2-3-16(23)17(24)10-15)4-6-22(14,7-5-21)28-20(30)18-12-25-8-9-26-18/h3-9,14,16,18H,10-13,15,17H2,1-2H3,(H,32,35)(H,33,36);5-6,11,13,15H,2-4,7-10,12,14H2,1H3,(H,29,32)(H,30,33);3-4,9,11-12,14H,5-8,10,13H2,1-2H3,(H,28,30)(H,29,31);2-3,8-10,12,14H,4-7,11,13H2,1H3,(H,27,29)(H,28,30). The van der Waals surface area contributed by atoms with Crippen molar-refractivity contribution in [1.82, 2.24) is 72.3 Å². The Kier molecular flexibility index (Phi) is 29.5. The number of ketones is 1. The van der Waals surface area contributed by atoms with Crippen LogP contribution in [0.15, 0.2) is 151 Å². The van der Waals surface area contributed by atoms with Crippen LogP contribution in [0.25, 0.3) is 5.69 Å². The number of hydrogen-bond donors (Lipinski definition) is 8. The van der Waals surface area contributed by atoms with Gasteiger partial charge in [-0.2, -0.15) is 5.10 Å². The van der Waals surface area contributed by atoms with E-state index in [1.807, 2.05) is 44.2 Å². The van der Waals surface area contributed by atoms with Crippen molar-refractivity contribution in [2.75, 3.05) is 26.4 Å². The maximum absolute atomic E-state index is 13.6. The minimum atomic E-state index is -0.602. The first-order valence-corrected chi connectivity index (χ1v) is 47.1. The summed E-state index contributed by atoms with van der Waals surface area (Å²) in [5.41, 5.74) is 1.76. The zero-order chi connectivity index (χ0) is 96.0. The number of fused-ring (bicyclic) bond motifs is 13. The number of aromatic nitrogens is 6. The average Bonchev–Trinajstić information content (AvgIpc) is 1.54.